The summed E-state index contributed by atoms with van der Waals surface area (Å²) in [4.78, 5) is 2.08. The first-order valence-electron chi connectivity index (χ1n) is 6.94. The summed E-state index contributed by atoms with van der Waals surface area (Å²) in [7, 11) is 1.98. The van der Waals surface area contributed by atoms with Gasteiger partial charge in [-0.1, -0.05) is 6.92 Å². The molecular formula is C15H23FN2O. The van der Waals surface area contributed by atoms with Crippen LogP contribution in [-0.2, 0) is 0 Å². The van der Waals surface area contributed by atoms with Crippen LogP contribution in [0.5, 0.6) is 0 Å². The summed E-state index contributed by atoms with van der Waals surface area (Å²) >= 11 is 0. The zero-order valence-corrected chi connectivity index (χ0v) is 11.7. The first kappa shape index (κ1) is 14.3. The maximum Gasteiger partial charge on any atom is 0.123 e. The van der Waals surface area contributed by atoms with E-state index >= 15 is 0 Å². The molecule has 0 aromatic heterocycles. The number of rotatable bonds is 7. The van der Waals surface area contributed by atoms with Gasteiger partial charge in [0.1, 0.15) is 5.82 Å². The SMILES string of the molecule is CCNC(CO)(CN(C)c1ccc(F)cc1)C1CC1. The van der Waals surface area contributed by atoms with Gasteiger partial charge < -0.3 is 15.3 Å². The second kappa shape index (κ2) is 5.88. The fraction of sp³-hybridized carbons (Fsp3) is 0.600. The second-order valence-electron chi connectivity index (χ2n) is 5.45. The predicted molar refractivity (Wildman–Crippen MR) is 75.9 cm³/mol. The maximum atomic E-state index is 12.9. The zero-order valence-electron chi connectivity index (χ0n) is 11.7. The van der Waals surface area contributed by atoms with Gasteiger partial charge in [-0.3, -0.25) is 0 Å². The zero-order chi connectivity index (χ0) is 13.9. The molecule has 19 heavy (non-hydrogen) atoms. The Morgan fingerprint density at radius 2 is 2.00 bits per heavy atom. The summed E-state index contributed by atoms with van der Waals surface area (Å²) in [6.45, 7) is 3.77. The average Bonchev–Trinajstić information content (AvgIpc) is 3.23. The Labute approximate surface area is 114 Å². The highest BCUT2D eigenvalue weighted by atomic mass is 19.1. The number of likely N-dealkylation sites (N-methyl/N-ethyl adjacent to an activating group) is 2. The molecule has 1 aliphatic carbocycles. The van der Waals surface area contributed by atoms with Gasteiger partial charge in [0.25, 0.3) is 0 Å². The van der Waals surface area contributed by atoms with Gasteiger partial charge in [-0.2, -0.15) is 0 Å². The molecule has 1 saturated carbocycles. The third kappa shape index (κ3) is 3.25. The Bertz CT molecular complexity index is 405. The van der Waals surface area contributed by atoms with Gasteiger partial charge >= 0.3 is 0 Å². The third-order valence-corrected chi connectivity index (χ3v) is 3.96. The molecule has 0 bridgehead atoms. The molecule has 1 unspecified atom stereocenters. The van der Waals surface area contributed by atoms with Crippen molar-refractivity contribution < 1.29 is 9.50 Å². The minimum Gasteiger partial charge on any atom is -0.394 e. The number of halogens is 1. The van der Waals surface area contributed by atoms with E-state index in [-0.39, 0.29) is 18.0 Å². The molecule has 0 heterocycles. The van der Waals surface area contributed by atoms with Crippen LogP contribution in [0.1, 0.15) is 19.8 Å². The van der Waals surface area contributed by atoms with E-state index in [2.05, 4.69) is 17.1 Å². The number of nitrogens with zero attached hydrogens (tertiary/aromatic N) is 1. The number of nitrogens with one attached hydrogen (secondary N) is 1. The highest BCUT2D eigenvalue weighted by molar-refractivity contribution is 5.46. The summed E-state index contributed by atoms with van der Waals surface area (Å²) in [5.41, 5.74) is 0.732. The Hall–Kier alpha value is -1.13. The largest absolute Gasteiger partial charge is 0.394 e. The standard InChI is InChI=1S/C15H23FN2O/c1-3-17-15(11-19,12-4-5-12)10-18(2)14-8-6-13(16)7-9-14/h6-9,12,17,19H,3-5,10-11H2,1-2H3. The van der Waals surface area contributed by atoms with Crippen molar-refractivity contribution in [1.82, 2.24) is 5.32 Å². The van der Waals surface area contributed by atoms with E-state index in [0.717, 1.165) is 18.8 Å². The molecule has 1 atom stereocenters. The molecule has 0 aliphatic heterocycles. The van der Waals surface area contributed by atoms with Crippen molar-refractivity contribution in [3.8, 4) is 0 Å². The van der Waals surface area contributed by atoms with Crippen LogP contribution >= 0.6 is 0 Å². The Morgan fingerprint density at radius 1 is 1.37 bits per heavy atom. The van der Waals surface area contributed by atoms with Crippen molar-refractivity contribution in [3.05, 3.63) is 30.1 Å². The normalized spacial score (nSPS) is 18.1. The second-order valence-corrected chi connectivity index (χ2v) is 5.45. The van der Waals surface area contributed by atoms with Crippen LogP contribution in [0.15, 0.2) is 24.3 Å². The lowest BCUT2D eigenvalue weighted by molar-refractivity contribution is 0.146. The molecule has 0 radical (unpaired) electrons. The maximum absolute atomic E-state index is 12.9. The van der Waals surface area contributed by atoms with Gasteiger partial charge in [0.05, 0.1) is 12.1 Å². The van der Waals surface area contributed by atoms with Crippen molar-refractivity contribution in [2.24, 2.45) is 5.92 Å². The van der Waals surface area contributed by atoms with Crippen LogP contribution < -0.4 is 10.2 Å². The molecule has 106 valence electrons. The summed E-state index contributed by atoms with van der Waals surface area (Å²) in [5, 5.41) is 13.3. The molecule has 1 aromatic carbocycles. The molecule has 1 aliphatic rings. The summed E-state index contributed by atoms with van der Waals surface area (Å²) < 4.78 is 12.9. The molecule has 1 fully saturated rings. The van der Waals surface area contributed by atoms with Crippen LogP contribution in [0.3, 0.4) is 0 Å². The molecule has 3 nitrogen and oxygen atoms in total. The van der Waals surface area contributed by atoms with E-state index < -0.39 is 0 Å². The smallest absolute Gasteiger partial charge is 0.123 e. The first-order chi connectivity index (χ1) is 9.11. The average molecular weight is 266 g/mol. The van der Waals surface area contributed by atoms with Gasteiger partial charge in [-0.15, -0.1) is 0 Å². The van der Waals surface area contributed by atoms with E-state index in [1.807, 2.05) is 7.05 Å². The number of hydrogen-bond donors (Lipinski definition) is 2. The van der Waals surface area contributed by atoms with E-state index in [4.69, 9.17) is 0 Å². The van der Waals surface area contributed by atoms with Gasteiger partial charge in [0.15, 0.2) is 0 Å². The van der Waals surface area contributed by atoms with E-state index in [0.29, 0.717) is 5.92 Å². The monoisotopic (exact) mass is 266 g/mol. The van der Waals surface area contributed by atoms with Crippen LogP contribution in [0.4, 0.5) is 10.1 Å². The number of aliphatic hydroxyl groups excluding tert-OH is 1. The summed E-state index contributed by atoms with van der Waals surface area (Å²) in [6.07, 6.45) is 2.34. The van der Waals surface area contributed by atoms with E-state index in [9.17, 15) is 9.50 Å². The molecule has 2 rings (SSSR count). The molecule has 0 spiro atoms. The predicted octanol–water partition coefficient (Wildman–Crippen LogP) is 2.01. The minimum absolute atomic E-state index is 0.136. The fourth-order valence-corrected chi connectivity index (χ4v) is 2.76. The quantitative estimate of drug-likeness (QED) is 0.792. The van der Waals surface area contributed by atoms with Gasteiger partial charge in [-0.05, 0) is 49.6 Å². The van der Waals surface area contributed by atoms with Crippen LogP contribution in [0.2, 0.25) is 0 Å². The summed E-state index contributed by atoms with van der Waals surface area (Å²) in [6, 6.07) is 6.49. The Balaban J connectivity index is 2.09. The molecule has 0 amide bonds. The molecule has 1 aromatic rings. The lowest BCUT2D eigenvalue weighted by atomic mass is 9.93. The van der Waals surface area contributed by atoms with Crippen LogP contribution in [-0.4, -0.2) is 37.4 Å². The molecule has 2 N–H and O–H groups in total. The number of benzene rings is 1. The van der Waals surface area contributed by atoms with Gasteiger partial charge in [0, 0.05) is 19.3 Å². The van der Waals surface area contributed by atoms with Crippen LogP contribution in [0, 0.1) is 11.7 Å². The number of aliphatic hydroxyl groups is 1. The third-order valence-electron chi connectivity index (χ3n) is 3.96. The Kier molecular flexibility index (Phi) is 4.42. The minimum atomic E-state index is -0.238. The lowest BCUT2D eigenvalue weighted by Gasteiger charge is -2.37. The van der Waals surface area contributed by atoms with Crippen molar-refractivity contribution in [2.75, 3.05) is 31.6 Å². The topological polar surface area (TPSA) is 35.5 Å². The number of anilines is 1. The van der Waals surface area contributed by atoms with Gasteiger partial charge in [-0.25, -0.2) is 4.39 Å². The fourth-order valence-electron chi connectivity index (χ4n) is 2.76. The molecular weight excluding hydrogens is 243 g/mol. The van der Waals surface area contributed by atoms with Crippen molar-refractivity contribution in [2.45, 2.75) is 25.3 Å². The summed E-state index contributed by atoms with van der Waals surface area (Å²) in [5.74, 6) is 0.319. The lowest BCUT2D eigenvalue weighted by Crippen LogP contribution is -2.57. The van der Waals surface area contributed by atoms with Crippen molar-refractivity contribution in [1.29, 1.82) is 0 Å². The van der Waals surface area contributed by atoms with E-state index in [1.165, 1.54) is 25.0 Å². The Morgan fingerprint density at radius 3 is 2.47 bits per heavy atom. The molecule has 0 saturated heterocycles. The first-order valence-corrected chi connectivity index (χ1v) is 6.94. The van der Waals surface area contributed by atoms with Gasteiger partial charge in [0.2, 0.25) is 0 Å². The number of hydrogen-bond acceptors (Lipinski definition) is 3. The molecule has 4 heteroatoms. The van der Waals surface area contributed by atoms with Crippen molar-refractivity contribution in [3.63, 3.8) is 0 Å². The van der Waals surface area contributed by atoms with Crippen LogP contribution in [0.25, 0.3) is 0 Å². The van der Waals surface area contributed by atoms with E-state index in [1.54, 1.807) is 12.1 Å². The van der Waals surface area contributed by atoms with Crippen molar-refractivity contribution >= 4 is 5.69 Å². The highest BCUT2D eigenvalue weighted by Gasteiger charge is 2.44. The highest BCUT2D eigenvalue weighted by Crippen LogP contribution is 2.40.